The van der Waals surface area contributed by atoms with E-state index in [1.54, 1.807) is 25.5 Å². The predicted octanol–water partition coefficient (Wildman–Crippen LogP) is 4.05. The minimum atomic E-state index is -0.0562. The summed E-state index contributed by atoms with van der Waals surface area (Å²) < 4.78 is 0.854. The van der Waals surface area contributed by atoms with Gasteiger partial charge < -0.3 is 4.90 Å². The zero-order valence-electron chi connectivity index (χ0n) is 13.5. The fourth-order valence-corrected chi connectivity index (χ4v) is 4.17. The van der Waals surface area contributed by atoms with Crippen LogP contribution in [-0.4, -0.2) is 36.0 Å². The van der Waals surface area contributed by atoms with Crippen molar-refractivity contribution in [1.29, 1.82) is 5.26 Å². The number of thiophene rings is 1. The lowest BCUT2D eigenvalue weighted by Gasteiger charge is -2.08. The smallest absolute Gasteiger partial charge is 0.200 e. The Morgan fingerprint density at radius 1 is 1.48 bits per heavy atom. The van der Waals surface area contributed by atoms with Gasteiger partial charge in [-0.15, -0.1) is 23.1 Å². The van der Waals surface area contributed by atoms with Crippen LogP contribution >= 0.6 is 23.1 Å². The number of nitrogens with zero attached hydrogens (tertiary/aromatic N) is 3. The van der Waals surface area contributed by atoms with Gasteiger partial charge >= 0.3 is 0 Å². The van der Waals surface area contributed by atoms with Crippen LogP contribution in [0.25, 0.3) is 11.1 Å². The second kappa shape index (κ2) is 7.44. The van der Waals surface area contributed by atoms with E-state index < -0.39 is 0 Å². The first kappa shape index (κ1) is 17.3. The van der Waals surface area contributed by atoms with Gasteiger partial charge in [0, 0.05) is 49.4 Å². The standard InChI is InChI=1S/C17H17N3OS2/c1-11(10-20(2)3)15(21)16-14(12-6-5-7-19-9-12)13(8-18)17(22-4)23-16/h5-7,9-10H,1-4H3. The number of thioether (sulfide) groups is 1. The van der Waals surface area contributed by atoms with Crippen LogP contribution in [-0.2, 0) is 0 Å². The van der Waals surface area contributed by atoms with E-state index in [0.29, 0.717) is 21.6 Å². The minimum Gasteiger partial charge on any atom is -0.383 e. The van der Waals surface area contributed by atoms with Crippen LogP contribution in [0.15, 0.2) is 40.5 Å². The first-order valence-corrected chi connectivity index (χ1v) is 8.94. The molecule has 0 radical (unpaired) electrons. The third kappa shape index (κ3) is 3.63. The highest BCUT2D eigenvalue weighted by Gasteiger charge is 2.24. The van der Waals surface area contributed by atoms with E-state index in [-0.39, 0.29) is 5.78 Å². The maximum absolute atomic E-state index is 12.8. The van der Waals surface area contributed by atoms with Gasteiger partial charge in [0.2, 0.25) is 5.78 Å². The molecule has 0 unspecified atom stereocenters. The van der Waals surface area contributed by atoms with Gasteiger partial charge in [0.15, 0.2) is 0 Å². The molecule has 4 nitrogen and oxygen atoms in total. The van der Waals surface area contributed by atoms with E-state index in [2.05, 4.69) is 11.1 Å². The second-order valence-corrected chi connectivity index (χ2v) is 7.23. The Morgan fingerprint density at radius 2 is 2.22 bits per heavy atom. The maximum atomic E-state index is 12.8. The number of ketones is 1. The van der Waals surface area contributed by atoms with Crippen LogP contribution in [0.2, 0.25) is 0 Å². The highest BCUT2D eigenvalue weighted by molar-refractivity contribution is 8.00. The summed E-state index contributed by atoms with van der Waals surface area (Å²) in [6, 6.07) is 5.93. The lowest BCUT2D eigenvalue weighted by Crippen LogP contribution is -2.07. The molecule has 0 aliphatic rings. The van der Waals surface area contributed by atoms with Crippen molar-refractivity contribution in [2.45, 2.75) is 11.1 Å². The number of pyridine rings is 1. The number of hydrogen-bond donors (Lipinski definition) is 0. The van der Waals surface area contributed by atoms with Crippen LogP contribution in [0.1, 0.15) is 22.2 Å². The Bertz CT molecular complexity index is 786. The molecule has 0 aromatic carbocycles. The van der Waals surface area contributed by atoms with Gasteiger partial charge in [0.05, 0.1) is 14.6 Å². The van der Waals surface area contributed by atoms with E-state index in [1.165, 1.54) is 23.1 Å². The Labute approximate surface area is 144 Å². The third-order valence-corrected chi connectivity index (χ3v) is 5.45. The van der Waals surface area contributed by atoms with Gasteiger partial charge in [-0.2, -0.15) is 5.26 Å². The van der Waals surface area contributed by atoms with Gasteiger partial charge in [-0.3, -0.25) is 9.78 Å². The number of carbonyl (C=O) groups excluding carboxylic acids is 1. The highest BCUT2D eigenvalue weighted by Crippen LogP contribution is 2.41. The Morgan fingerprint density at radius 3 is 2.74 bits per heavy atom. The van der Waals surface area contributed by atoms with E-state index in [1.807, 2.05) is 37.4 Å². The van der Waals surface area contributed by atoms with Crippen molar-refractivity contribution in [2.24, 2.45) is 0 Å². The molecule has 0 bridgehead atoms. The Hall–Kier alpha value is -2.10. The van der Waals surface area contributed by atoms with Crippen LogP contribution in [0.3, 0.4) is 0 Å². The molecule has 0 spiro atoms. The molecule has 0 atom stereocenters. The van der Waals surface area contributed by atoms with Gasteiger partial charge in [-0.1, -0.05) is 6.07 Å². The summed E-state index contributed by atoms with van der Waals surface area (Å²) in [5.41, 5.74) is 2.67. The van der Waals surface area contributed by atoms with Gasteiger partial charge in [-0.05, 0) is 19.2 Å². The van der Waals surface area contributed by atoms with Crippen molar-refractivity contribution >= 4 is 28.9 Å². The molecule has 0 aliphatic heterocycles. The first-order chi connectivity index (χ1) is 11.0. The number of aromatic nitrogens is 1. The lowest BCUT2D eigenvalue weighted by molar-refractivity contribution is 0.103. The number of nitriles is 1. The van der Waals surface area contributed by atoms with Crippen LogP contribution < -0.4 is 0 Å². The largest absolute Gasteiger partial charge is 0.383 e. The SMILES string of the molecule is CSc1sc(C(=O)C(C)=CN(C)C)c(-c2cccnc2)c1C#N. The first-order valence-electron chi connectivity index (χ1n) is 6.90. The summed E-state index contributed by atoms with van der Waals surface area (Å²) in [5.74, 6) is -0.0562. The summed E-state index contributed by atoms with van der Waals surface area (Å²) in [4.78, 5) is 19.4. The zero-order valence-corrected chi connectivity index (χ0v) is 15.1. The molecule has 2 rings (SSSR count). The average molecular weight is 343 g/mol. The predicted molar refractivity (Wildman–Crippen MR) is 95.8 cm³/mol. The molecule has 2 aromatic rings. The van der Waals surface area contributed by atoms with E-state index in [9.17, 15) is 10.1 Å². The summed E-state index contributed by atoms with van der Waals surface area (Å²) in [6.07, 6.45) is 7.07. The molecule has 118 valence electrons. The molecular weight excluding hydrogens is 326 g/mol. The maximum Gasteiger partial charge on any atom is 0.200 e. The third-order valence-electron chi connectivity index (χ3n) is 3.14. The van der Waals surface area contributed by atoms with Crippen LogP contribution in [0.4, 0.5) is 0 Å². The van der Waals surface area contributed by atoms with Gasteiger partial charge in [-0.25, -0.2) is 0 Å². The molecule has 0 saturated carbocycles. The fraction of sp³-hybridized carbons (Fsp3) is 0.235. The van der Waals surface area contributed by atoms with E-state index in [0.717, 1.165) is 9.77 Å². The molecule has 0 saturated heterocycles. The molecular formula is C17H17N3OS2. The van der Waals surface area contributed by atoms with Crippen molar-refractivity contribution in [3.8, 4) is 17.2 Å². The molecule has 0 aliphatic carbocycles. The number of hydrogen-bond acceptors (Lipinski definition) is 6. The molecule has 0 fully saturated rings. The van der Waals surface area contributed by atoms with Crippen molar-refractivity contribution in [2.75, 3.05) is 20.4 Å². The lowest BCUT2D eigenvalue weighted by atomic mass is 10.0. The number of allylic oxidation sites excluding steroid dienone is 1. The van der Waals surface area contributed by atoms with Crippen molar-refractivity contribution < 1.29 is 4.79 Å². The summed E-state index contributed by atoms with van der Waals surface area (Å²) in [6.45, 7) is 1.79. The Kier molecular flexibility index (Phi) is 5.59. The Balaban J connectivity index is 2.67. The molecule has 2 aromatic heterocycles. The quantitative estimate of drug-likeness (QED) is 0.466. The topological polar surface area (TPSA) is 57.0 Å². The average Bonchev–Trinajstić information content (AvgIpc) is 2.92. The van der Waals surface area contributed by atoms with Crippen LogP contribution in [0, 0.1) is 11.3 Å². The molecule has 23 heavy (non-hydrogen) atoms. The fourth-order valence-electron chi connectivity index (χ4n) is 2.23. The van der Waals surface area contributed by atoms with E-state index >= 15 is 0 Å². The van der Waals surface area contributed by atoms with Crippen molar-refractivity contribution in [1.82, 2.24) is 9.88 Å². The molecule has 0 N–H and O–H groups in total. The summed E-state index contributed by atoms with van der Waals surface area (Å²) in [7, 11) is 3.75. The van der Waals surface area contributed by atoms with E-state index in [4.69, 9.17) is 0 Å². The zero-order chi connectivity index (χ0) is 17.0. The minimum absolute atomic E-state index is 0.0562. The highest BCUT2D eigenvalue weighted by atomic mass is 32.2. The molecule has 0 amide bonds. The summed E-state index contributed by atoms with van der Waals surface area (Å²) >= 11 is 2.86. The van der Waals surface area contributed by atoms with Gasteiger partial charge in [0.25, 0.3) is 0 Å². The van der Waals surface area contributed by atoms with Crippen molar-refractivity contribution in [3.05, 3.63) is 46.7 Å². The monoisotopic (exact) mass is 343 g/mol. The van der Waals surface area contributed by atoms with Gasteiger partial charge in [0.1, 0.15) is 6.07 Å². The van der Waals surface area contributed by atoms with Crippen molar-refractivity contribution in [3.63, 3.8) is 0 Å². The number of rotatable bonds is 5. The second-order valence-electron chi connectivity index (χ2n) is 5.13. The molecule has 2 heterocycles. The summed E-state index contributed by atoms with van der Waals surface area (Å²) in [5, 5.41) is 9.56. The number of Topliss-reactive ketones (excluding diaryl/α,β-unsaturated/α-hetero) is 1. The number of carbonyl (C=O) groups is 1. The normalized spacial score (nSPS) is 11.2. The molecule has 6 heteroatoms. The van der Waals surface area contributed by atoms with Crippen LogP contribution in [0.5, 0.6) is 0 Å².